The lowest BCUT2D eigenvalue weighted by Crippen LogP contribution is -2.71. The predicted octanol–water partition coefficient (Wildman–Crippen LogP) is -0.944. The van der Waals surface area contributed by atoms with Gasteiger partial charge < -0.3 is 26.1 Å². The van der Waals surface area contributed by atoms with Gasteiger partial charge in [0.05, 0.1) is 6.61 Å². The number of fused-ring (bicyclic) bond motifs is 1. The molecule has 0 bridgehead atoms. The second-order valence-corrected chi connectivity index (χ2v) is 10.3. The van der Waals surface area contributed by atoms with Crippen LogP contribution in [-0.4, -0.2) is 102 Å². The summed E-state index contributed by atoms with van der Waals surface area (Å²) in [5, 5.41) is 25.5. The molecule has 0 unspecified atom stereocenters. The fraction of sp³-hybridized carbons (Fsp3) is 0.579. The molecule has 0 aromatic carbocycles. The summed E-state index contributed by atoms with van der Waals surface area (Å²) in [5.41, 5.74) is 5.46. The Morgan fingerprint density at radius 3 is 2.82 bits per heavy atom. The molecule has 3 aliphatic rings. The lowest BCUT2D eigenvalue weighted by atomic mass is 9.98. The first kappa shape index (κ1) is 24.4. The molecular weight excluding hydrogens is 486 g/mol. The van der Waals surface area contributed by atoms with Crippen LogP contribution in [-0.2, 0) is 19.2 Å². The molecule has 4 heterocycles. The van der Waals surface area contributed by atoms with Crippen LogP contribution in [0.15, 0.2) is 16.4 Å². The molecule has 2 saturated heterocycles. The van der Waals surface area contributed by atoms with Gasteiger partial charge in [-0.25, -0.2) is 4.79 Å². The number of nitrogens with one attached hydrogen (secondary N) is 1. The van der Waals surface area contributed by atoms with Crippen LogP contribution >= 0.6 is 23.3 Å². The number of carboxylic acids is 1. The predicted molar refractivity (Wildman–Crippen MR) is 124 cm³/mol. The minimum absolute atomic E-state index is 0.0277. The zero-order valence-electron chi connectivity index (χ0n) is 18.6. The topological polar surface area (TPSA) is 184 Å². The van der Waals surface area contributed by atoms with Crippen molar-refractivity contribution in [2.24, 2.45) is 5.16 Å². The first-order chi connectivity index (χ1) is 16.2. The Bertz CT molecular complexity index is 1080. The number of amides is 2. The monoisotopic (exact) mass is 511 g/mol. The third kappa shape index (κ3) is 4.23. The number of hydrogen-bond acceptors (Lipinski definition) is 12. The summed E-state index contributed by atoms with van der Waals surface area (Å²) in [4.78, 5) is 49.8. The number of carbonyl (C=O) groups excluding carboxylic acids is 2. The second kappa shape index (κ2) is 9.48. The van der Waals surface area contributed by atoms with Gasteiger partial charge in [-0.05, 0) is 31.9 Å². The fourth-order valence-corrected chi connectivity index (χ4v) is 6.15. The summed E-state index contributed by atoms with van der Waals surface area (Å²) in [6.07, 6.45) is 1.72. The number of aromatic nitrogens is 2. The molecule has 0 spiro atoms. The first-order valence-electron chi connectivity index (χ1n) is 10.5. The van der Waals surface area contributed by atoms with Crippen molar-refractivity contribution >= 4 is 51.9 Å². The Morgan fingerprint density at radius 2 is 2.21 bits per heavy atom. The third-order valence-electron chi connectivity index (χ3n) is 6.22. The number of nitrogens with zero attached hydrogens (tertiary/aromatic N) is 5. The minimum atomic E-state index is -1.20. The molecule has 2 amide bonds. The van der Waals surface area contributed by atoms with Gasteiger partial charge in [-0.15, -0.1) is 11.8 Å². The molecule has 5 N–H and O–H groups in total. The summed E-state index contributed by atoms with van der Waals surface area (Å²) in [6, 6.07) is -0.944. The Morgan fingerprint density at radius 1 is 1.44 bits per heavy atom. The van der Waals surface area contributed by atoms with Gasteiger partial charge in [-0.3, -0.25) is 19.4 Å². The number of nitrogens with two attached hydrogens (primary N) is 1. The van der Waals surface area contributed by atoms with Crippen LogP contribution in [0.4, 0.5) is 5.13 Å². The molecule has 3 atom stereocenters. The van der Waals surface area contributed by atoms with E-state index in [4.69, 9.17) is 10.6 Å². The Balaban J connectivity index is 1.52. The van der Waals surface area contributed by atoms with Crippen molar-refractivity contribution < 1.29 is 29.4 Å². The molecule has 34 heavy (non-hydrogen) atoms. The number of nitrogen functional groups attached to an aromatic ring is 1. The van der Waals surface area contributed by atoms with E-state index in [2.05, 4.69) is 24.7 Å². The van der Waals surface area contributed by atoms with E-state index in [1.807, 2.05) is 6.92 Å². The number of anilines is 1. The summed E-state index contributed by atoms with van der Waals surface area (Å²) in [6.45, 7) is 3.01. The number of hydrogen-bond donors (Lipinski definition) is 4. The smallest absolute Gasteiger partial charge is 0.352 e. The van der Waals surface area contributed by atoms with Crippen LogP contribution < -0.4 is 11.1 Å². The Hall–Kier alpha value is -2.75. The minimum Gasteiger partial charge on any atom is -0.477 e. The number of carbonyl (C=O) groups is 3. The van der Waals surface area contributed by atoms with Crippen LogP contribution in [0.5, 0.6) is 0 Å². The van der Waals surface area contributed by atoms with Crippen LogP contribution in [0.1, 0.15) is 25.6 Å². The van der Waals surface area contributed by atoms with Gasteiger partial charge in [-0.2, -0.15) is 9.36 Å². The molecule has 0 saturated carbocycles. The van der Waals surface area contributed by atoms with E-state index in [1.54, 1.807) is 0 Å². The Kier molecular flexibility index (Phi) is 6.80. The molecule has 2 fully saturated rings. The second-order valence-electron chi connectivity index (χ2n) is 8.38. The number of aliphatic carboxylic acids is 1. The van der Waals surface area contributed by atoms with Gasteiger partial charge in [0, 0.05) is 29.4 Å². The van der Waals surface area contributed by atoms with E-state index < -0.39 is 34.7 Å². The SMILES string of the molecule is CO/N=C(\C(=O)N[C@@H]1C(=O)N2C(C(=O)O)=C(CN3CCC[C@@]3(C)CO)CS[C@@H]12)c1nsc(N)n1. The molecule has 3 aliphatic heterocycles. The van der Waals surface area contributed by atoms with Gasteiger partial charge in [0.1, 0.15) is 24.2 Å². The van der Waals surface area contributed by atoms with Gasteiger partial charge in [0.25, 0.3) is 11.8 Å². The van der Waals surface area contributed by atoms with E-state index in [0.29, 0.717) is 17.9 Å². The molecule has 4 rings (SSSR count). The largest absolute Gasteiger partial charge is 0.477 e. The number of β-lactam (4-membered cyclic amide) rings is 1. The molecule has 184 valence electrons. The van der Waals surface area contributed by atoms with Crippen molar-refractivity contribution in [2.75, 3.05) is 38.3 Å². The number of thioether (sulfide) groups is 1. The van der Waals surface area contributed by atoms with E-state index in [0.717, 1.165) is 30.9 Å². The van der Waals surface area contributed by atoms with Crippen molar-refractivity contribution in [2.45, 2.75) is 36.7 Å². The zero-order valence-corrected chi connectivity index (χ0v) is 20.2. The summed E-state index contributed by atoms with van der Waals surface area (Å²) in [7, 11) is 1.25. The summed E-state index contributed by atoms with van der Waals surface area (Å²) < 4.78 is 3.95. The molecule has 13 nitrogen and oxygen atoms in total. The highest BCUT2D eigenvalue weighted by Gasteiger charge is 2.55. The van der Waals surface area contributed by atoms with Crippen molar-refractivity contribution in [3.63, 3.8) is 0 Å². The summed E-state index contributed by atoms with van der Waals surface area (Å²) >= 11 is 2.25. The average Bonchev–Trinajstić information content (AvgIpc) is 3.40. The third-order valence-corrected chi connectivity index (χ3v) is 8.10. The fourth-order valence-electron chi connectivity index (χ4n) is 4.38. The lowest BCUT2D eigenvalue weighted by Gasteiger charge is -2.50. The highest BCUT2D eigenvalue weighted by molar-refractivity contribution is 8.00. The lowest BCUT2D eigenvalue weighted by molar-refractivity contribution is -0.150. The van der Waals surface area contributed by atoms with E-state index >= 15 is 0 Å². The van der Waals surface area contributed by atoms with Crippen molar-refractivity contribution in [1.82, 2.24) is 24.5 Å². The molecular formula is C19H25N7O6S2. The van der Waals surface area contributed by atoms with E-state index in [1.165, 1.54) is 23.8 Å². The zero-order chi connectivity index (χ0) is 24.6. The van der Waals surface area contributed by atoms with Gasteiger partial charge >= 0.3 is 5.97 Å². The van der Waals surface area contributed by atoms with Crippen molar-refractivity contribution in [3.05, 3.63) is 17.1 Å². The number of aliphatic hydroxyl groups is 1. The maximum Gasteiger partial charge on any atom is 0.352 e. The summed E-state index contributed by atoms with van der Waals surface area (Å²) in [5.74, 6) is -2.13. The van der Waals surface area contributed by atoms with Gasteiger partial charge in [0.15, 0.2) is 5.13 Å². The number of oxime groups is 1. The molecule has 1 aromatic heterocycles. The number of carboxylic acid groups (broad SMARTS) is 1. The number of aliphatic hydroxyl groups excluding tert-OH is 1. The van der Waals surface area contributed by atoms with Crippen molar-refractivity contribution in [1.29, 1.82) is 0 Å². The highest BCUT2D eigenvalue weighted by atomic mass is 32.2. The molecule has 1 aromatic rings. The Labute approximate surface area is 203 Å². The molecule has 0 aliphatic carbocycles. The van der Waals surface area contributed by atoms with Gasteiger partial charge in [0.2, 0.25) is 11.5 Å². The maximum atomic E-state index is 13.0. The first-order valence-corrected chi connectivity index (χ1v) is 12.3. The standard InChI is InChI=1S/C19H25N7O6S2/c1-19(8-27)4-3-5-25(19)6-9-7-33-16-11(15(29)26(16)12(9)17(30)31)21-14(28)10(23-32-2)13-22-18(20)34-24-13/h11,16,27H,3-8H2,1-2H3,(H,21,28)(H,30,31)(H2,20,22,24)/b23-10-/t11-,16+,19+/m1/s1. The molecule has 0 radical (unpaired) electrons. The van der Waals surface area contributed by atoms with Gasteiger partial charge in [-0.1, -0.05) is 5.16 Å². The van der Waals surface area contributed by atoms with Crippen LogP contribution in [0, 0.1) is 0 Å². The van der Waals surface area contributed by atoms with Crippen LogP contribution in [0.3, 0.4) is 0 Å². The maximum absolute atomic E-state index is 13.0. The normalized spacial score (nSPS) is 27.4. The van der Waals surface area contributed by atoms with E-state index in [9.17, 15) is 24.6 Å². The van der Waals surface area contributed by atoms with E-state index in [-0.39, 0.29) is 29.0 Å². The highest BCUT2D eigenvalue weighted by Crippen LogP contribution is 2.41. The number of rotatable bonds is 8. The quantitative estimate of drug-likeness (QED) is 0.192. The van der Waals surface area contributed by atoms with Crippen molar-refractivity contribution in [3.8, 4) is 0 Å². The van der Waals surface area contributed by atoms with Crippen LogP contribution in [0.25, 0.3) is 0 Å². The number of likely N-dealkylation sites (tertiary alicyclic amines) is 1. The average molecular weight is 512 g/mol. The van der Waals surface area contributed by atoms with Crippen LogP contribution in [0.2, 0.25) is 0 Å². The molecule has 15 heteroatoms.